The standard InChI is InChI=1S/C12H15N7/c1-3-18-8-14-16-10(18)7-13-12-15-11-9(2)5-4-6-19(11)17-12/h4-6,8H,3,7H2,1-2H3,(H,13,17). The van der Waals surface area contributed by atoms with Gasteiger partial charge in [0.2, 0.25) is 5.95 Å². The zero-order valence-corrected chi connectivity index (χ0v) is 10.9. The van der Waals surface area contributed by atoms with E-state index in [1.807, 2.05) is 29.8 Å². The highest BCUT2D eigenvalue weighted by Gasteiger charge is 2.07. The van der Waals surface area contributed by atoms with Crippen molar-refractivity contribution >= 4 is 11.6 Å². The number of rotatable bonds is 4. The molecule has 0 aliphatic carbocycles. The number of anilines is 1. The molecule has 1 N–H and O–H groups in total. The monoisotopic (exact) mass is 257 g/mol. The summed E-state index contributed by atoms with van der Waals surface area (Å²) in [6.07, 6.45) is 3.60. The summed E-state index contributed by atoms with van der Waals surface area (Å²) < 4.78 is 3.75. The van der Waals surface area contributed by atoms with Crippen molar-refractivity contribution in [2.75, 3.05) is 5.32 Å². The van der Waals surface area contributed by atoms with E-state index >= 15 is 0 Å². The molecule has 0 unspecified atom stereocenters. The molecule has 7 nitrogen and oxygen atoms in total. The van der Waals surface area contributed by atoms with E-state index in [0.717, 1.165) is 23.6 Å². The maximum atomic E-state index is 4.45. The van der Waals surface area contributed by atoms with Crippen LogP contribution < -0.4 is 5.32 Å². The van der Waals surface area contributed by atoms with E-state index in [1.165, 1.54) is 0 Å². The molecule has 0 amide bonds. The number of nitrogens with zero attached hydrogens (tertiary/aromatic N) is 6. The summed E-state index contributed by atoms with van der Waals surface area (Å²) in [5, 5.41) is 15.5. The molecule has 0 atom stereocenters. The second kappa shape index (κ2) is 4.68. The smallest absolute Gasteiger partial charge is 0.243 e. The summed E-state index contributed by atoms with van der Waals surface area (Å²) in [5.74, 6) is 1.47. The predicted molar refractivity (Wildman–Crippen MR) is 70.7 cm³/mol. The minimum absolute atomic E-state index is 0.559. The summed E-state index contributed by atoms with van der Waals surface area (Å²) in [6.45, 7) is 5.48. The fourth-order valence-electron chi connectivity index (χ4n) is 1.95. The first-order valence-corrected chi connectivity index (χ1v) is 6.20. The molecule has 98 valence electrons. The predicted octanol–water partition coefficient (Wildman–Crippen LogP) is 1.26. The molecule has 3 aromatic heterocycles. The van der Waals surface area contributed by atoms with Gasteiger partial charge in [-0.15, -0.1) is 15.3 Å². The molecule has 0 radical (unpaired) electrons. The van der Waals surface area contributed by atoms with Gasteiger partial charge in [-0.2, -0.15) is 4.98 Å². The van der Waals surface area contributed by atoms with Gasteiger partial charge < -0.3 is 9.88 Å². The summed E-state index contributed by atoms with van der Waals surface area (Å²) in [7, 11) is 0. The van der Waals surface area contributed by atoms with Gasteiger partial charge in [0.15, 0.2) is 11.5 Å². The second-order valence-electron chi connectivity index (χ2n) is 4.28. The van der Waals surface area contributed by atoms with Crippen LogP contribution in [0.1, 0.15) is 18.3 Å². The third kappa shape index (κ3) is 2.14. The number of hydrogen-bond acceptors (Lipinski definition) is 5. The van der Waals surface area contributed by atoms with E-state index in [-0.39, 0.29) is 0 Å². The first kappa shape index (κ1) is 11.6. The molecule has 0 bridgehead atoms. The van der Waals surface area contributed by atoms with Crippen LogP contribution in [0.5, 0.6) is 0 Å². The van der Waals surface area contributed by atoms with Crippen molar-refractivity contribution in [2.45, 2.75) is 26.9 Å². The van der Waals surface area contributed by atoms with E-state index < -0.39 is 0 Å². The van der Waals surface area contributed by atoms with Crippen LogP contribution in [-0.2, 0) is 13.1 Å². The molecule has 0 saturated carbocycles. The van der Waals surface area contributed by atoms with Crippen LogP contribution in [0, 0.1) is 6.92 Å². The number of aryl methyl sites for hydroxylation is 2. The minimum Gasteiger partial charge on any atom is -0.346 e. The van der Waals surface area contributed by atoms with Crippen LogP contribution in [0.4, 0.5) is 5.95 Å². The van der Waals surface area contributed by atoms with Crippen LogP contribution in [0.25, 0.3) is 5.65 Å². The third-order valence-corrected chi connectivity index (χ3v) is 3.00. The van der Waals surface area contributed by atoms with Crippen LogP contribution in [0.15, 0.2) is 24.7 Å². The quantitative estimate of drug-likeness (QED) is 0.761. The number of fused-ring (bicyclic) bond motifs is 1. The van der Waals surface area contributed by atoms with Gasteiger partial charge in [0.05, 0.1) is 6.54 Å². The second-order valence-corrected chi connectivity index (χ2v) is 4.28. The van der Waals surface area contributed by atoms with Crippen molar-refractivity contribution < 1.29 is 0 Å². The highest BCUT2D eigenvalue weighted by molar-refractivity contribution is 5.49. The molecule has 3 aromatic rings. The number of hydrogen-bond donors (Lipinski definition) is 1. The van der Waals surface area contributed by atoms with Crippen molar-refractivity contribution in [1.82, 2.24) is 29.4 Å². The van der Waals surface area contributed by atoms with Crippen LogP contribution >= 0.6 is 0 Å². The van der Waals surface area contributed by atoms with E-state index in [4.69, 9.17) is 0 Å². The lowest BCUT2D eigenvalue weighted by Crippen LogP contribution is -2.08. The molecule has 0 fully saturated rings. The summed E-state index contributed by atoms with van der Waals surface area (Å²) in [6, 6.07) is 3.97. The Kier molecular flexibility index (Phi) is 2.86. The number of nitrogens with one attached hydrogen (secondary N) is 1. The highest BCUT2D eigenvalue weighted by Crippen LogP contribution is 2.10. The number of aromatic nitrogens is 6. The molecule has 0 aliphatic heterocycles. The van der Waals surface area contributed by atoms with Crippen LogP contribution in [0.3, 0.4) is 0 Å². The third-order valence-electron chi connectivity index (χ3n) is 3.00. The van der Waals surface area contributed by atoms with Crippen molar-refractivity contribution in [1.29, 1.82) is 0 Å². The highest BCUT2D eigenvalue weighted by atomic mass is 15.4. The van der Waals surface area contributed by atoms with Gasteiger partial charge in [-0.05, 0) is 25.5 Å². The molecule has 0 aromatic carbocycles. The molecule has 3 heterocycles. The summed E-state index contributed by atoms with van der Waals surface area (Å²) in [5.41, 5.74) is 1.96. The largest absolute Gasteiger partial charge is 0.346 e. The molecular weight excluding hydrogens is 242 g/mol. The van der Waals surface area contributed by atoms with E-state index in [2.05, 4.69) is 32.5 Å². The fraction of sp³-hybridized carbons (Fsp3) is 0.333. The topological polar surface area (TPSA) is 72.9 Å². The molecule has 0 saturated heterocycles. The van der Waals surface area contributed by atoms with Gasteiger partial charge in [0.25, 0.3) is 0 Å². The average molecular weight is 257 g/mol. The lowest BCUT2D eigenvalue weighted by atomic mass is 10.3. The molecule has 7 heteroatoms. The Morgan fingerprint density at radius 1 is 1.37 bits per heavy atom. The van der Waals surface area contributed by atoms with Crippen LogP contribution in [0.2, 0.25) is 0 Å². The lowest BCUT2D eigenvalue weighted by Gasteiger charge is -2.02. The average Bonchev–Trinajstić information content (AvgIpc) is 3.02. The Morgan fingerprint density at radius 3 is 3.05 bits per heavy atom. The number of pyridine rings is 1. The first-order valence-electron chi connectivity index (χ1n) is 6.20. The Balaban J connectivity index is 1.80. The Morgan fingerprint density at radius 2 is 2.26 bits per heavy atom. The zero-order chi connectivity index (χ0) is 13.2. The lowest BCUT2D eigenvalue weighted by molar-refractivity contribution is 0.706. The Labute approximate surface area is 110 Å². The van der Waals surface area contributed by atoms with E-state index in [9.17, 15) is 0 Å². The Bertz CT molecular complexity index is 697. The van der Waals surface area contributed by atoms with E-state index in [0.29, 0.717) is 12.5 Å². The van der Waals surface area contributed by atoms with Gasteiger partial charge >= 0.3 is 0 Å². The van der Waals surface area contributed by atoms with E-state index in [1.54, 1.807) is 10.8 Å². The zero-order valence-electron chi connectivity index (χ0n) is 10.9. The van der Waals surface area contributed by atoms with Gasteiger partial charge in [-0.1, -0.05) is 6.07 Å². The van der Waals surface area contributed by atoms with Gasteiger partial charge in [0, 0.05) is 12.7 Å². The van der Waals surface area contributed by atoms with Crippen molar-refractivity contribution in [3.05, 3.63) is 36.0 Å². The normalized spacial score (nSPS) is 11.1. The molecule has 3 rings (SSSR count). The van der Waals surface area contributed by atoms with Gasteiger partial charge in [0.1, 0.15) is 6.33 Å². The van der Waals surface area contributed by atoms with Gasteiger partial charge in [-0.25, -0.2) is 4.52 Å². The Hall–Kier alpha value is -2.44. The minimum atomic E-state index is 0.559. The molecular formula is C12H15N7. The summed E-state index contributed by atoms with van der Waals surface area (Å²) >= 11 is 0. The maximum Gasteiger partial charge on any atom is 0.243 e. The van der Waals surface area contributed by atoms with Crippen molar-refractivity contribution in [3.63, 3.8) is 0 Å². The first-order chi connectivity index (χ1) is 9.28. The van der Waals surface area contributed by atoms with Crippen molar-refractivity contribution in [3.8, 4) is 0 Å². The summed E-state index contributed by atoms with van der Waals surface area (Å²) in [4.78, 5) is 4.45. The van der Waals surface area contributed by atoms with Crippen LogP contribution in [-0.4, -0.2) is 29.4 Å². The van der Waals surface area contributed by atoms with Crippen molar-refractivity contribution in [2.24, 2.45) is 0 Å². The molecule has 0 aliphatic rings. The molecule has 0 spiro atoms. The fourth-order valence-corrected chi connectivity index (χ4v) is 1.95. The molecule has 19 heavy (non-hydrogen) atoms. The van der Waals surface area contributed by atoms with Gasteiger partial charge in [-0.3, -0.25) is 0 Å². The maximum absolute atomic E-state index is 4.45. The SMILES string of the molecule is CCn1cnnc1CNc1nc2c(C)cccn2n1.